The summed E-state index contributed by atoms with van der Waals surface area (Å²) in [5.41, 5.74) is 4.45. The molecule has 0 amide bonds. The molecule has 0 aliphatic carbocycles. The van der Waals surface area contributed by atoms with Crippen LogP contribution in [0, 0.1) is 0 Å². The van der Waals surface area contributed by atoms with Crippen molar-refractivity contribution in [1.82, 2.24) is 29.5 Å². The lowest BCUT2D eigenvalue weighted by molar-refractivity contribution is 0.158. The fraction of sp³-hybridized carbons (Fsp3) is 0.258. The van der Waals surface area contributed by atoms with Crippen LogP contribution in [0.4, 0.5) is 5.69 Å². The van der Waals surface area contributed by atoms with Gasteiger partial charge in [-0.15, -0.1) is 0 Å². The maximum atomic E-state index is 12.7. The zero-order valence-electron chi connectivity index (χ0n) is 24.4. The number of fused-ring (bicyclic) bond motifs is 1. The lowest BCUT2D eigenvalue weighted by atomic mass is 9.99. The fourth-order valence-electron chi connectivity index (χ4n) is 4.59. The third kappa shape index (κ3) is 7.80. The molecule has 1 unspecified atom stereocenters. The number of hydrogen-bond acceptors (Lipinski definition) is 9. The number of aryl methyl sites for hydroxylation is 1. The van der Waals surface area contributed by atoms with Gasteiger partial charge in [0.25, 0.3) is 10.0 Å². The Hall–Kier alpha value is -4.30. The van der Waals surface area contributed by atoms with Gasteiger partial charge >= 0.3 is 0 Å². The molecule has 0 fully saturated rings. The maximum absolute atomic E-state index is 12.7. The Balaban J connectivity index is 1.14. The Morgan fingerprint density at radius 1 is 1.11 bits per heavy atom. The predicted octanol–water partition coefficient (Wildman–Crippen LogP) is 4.23. The molecule has 5 aromatic rings. The van der Waals surface area contributed by atoms with Crippen LogP contribution in [0.5, 0.6) is 0 Å². The van der Waals surface area contributed by atoms with Crippen LogP contribution in [0.25, 0.3) is 16.9 Å². The number of nitrogens with one attached hydrogen (secondary N) is 4. The molecule has 0 bridgehead atoms. The SMILES string of the molecule is C=C(NCc1cc(=O)s[nH]1)c1cnc2c(c1)ncn2CCC(C)(C)NCC(O)c1cccc(NS(=O)(=O)c2ccccc2)c1. The lowest BCUT2D eigenvalue weighted by Gasteiger charge is -2.28. The van der Waals surface area contributed by atoms with E-state index < -0.39 is 16.1 Å². The van der Waals surface area contributed by atoms with Crippen molar-refractivity contribution in [3.05, 3.63) is 112 Å². The van der Waals surface area contributed by atoms with Crippen molar-refractivity contribution < 1.29 is 13.5 Å². The molecular weight excluding hydrogens is 599 g/mol. The van der Waals surface area contributed by atoms with Gasteiger partial charge < -0.3 is 24.7 Å². The fourth-order valence-corrected chi connectivity index (χ4v) is 6.22. The molecule has 0 spiro atoms. The minimum atomic E-state index is -3.73. The Bertz CT molecular complexity index is 1910. The summed E-state index contributed by atoms with van der Waals surface area (Å²) in [6.07, 6.45) is 3.41. The quantitative estimate of drug-likeness (QED) is 0.122. The highest BCUT2D eigenvalue weighted by Gasteiger charge is 2.21. The van der Waals surface area contributed by atoms with Crippen LogP contribution in [0.2, 0.25) is 0 Å². The molecule has 13 heteroatoms. The first kappa shape index (κ1) is 31.1. The molecular formula is C31H35N7O4S2. The Labute approximate surface area is 259 Å². The molecule has 5 N–H and O–H groups in total. The number of aromatic nitrogens is 4. The molecule has 1 atom stereocenters. The minimum absolute atomic E-state index is 0.0207. The number of imidazole rings is 1. The first-order valence-corrected chi connectivity index (χ1v) is 16.3. The third-order valence-electron chi connectivity index (χ3n) is 7.20. The van der Waals surface area contributed by atoms with Crippen molar-refractivity contribution in [3.63, 3.8) is 0 Å². The third-order valence-corrected chi connectivity index (χ3v) is 9.28. The summed E-state index contributed by atoms with van der Waals surface area (Å²) in [5.74, 6) is 0. The highest BCUT2D eigenvalue weighted by atomic mass is 32.2. The van der Waals surface area contributed by atoms with E-state index in [1.54, 1.807) is 61.1 Å². The van der Waals surface area contributed by atoms with Crippen molar-refractivity contribution >= 4 is 44.1 Å². The molecule has 0 radical (unpaired) electrons. The van der Waals surface area contributed by atoms with E-state index in [0.717, 1.165) is 40.4 Å². The predicted molar refractivity (Wildman–Crippen MR) is 174 cm³/mol. The standard InChI is InChI=1S/C31H35N7O4S2/c1-21(32-18-25-16-29(40)43-36-25)23-15-27-30(33-17-23)38(20-34-27)13-12-31(2,3)35-19-28(39)22-8-7-9-24(14-22)37-44(41,42)26-10-5-4-6-11-26/h4-11,14-17,20,28,32,35-37,39H,1,12-13,18-19H2,2-3H3. The van der Waals surface area contributed by atoms with E-state index in [0.29, 0.717) is 30.0 Å². The number of H-pyrrole nitrogens is 1. The number of aromatic amines is 1. The first-order valence-electron chi connectivity index (χ1n) is 14.0. The summed E-state index contributed by atoms with van der Waals surface area (Å²) in [5, 5.41) is 17.5. The van der Waals surface area contributed by atoms with E-state index >= 15 is 0 Å². The van der Waals surface area contributed by atoms with E-state index in [1.165, 1.54) is 12.1 Å². The molecule has 0 aliphatic rings. The topological polar surface area (TPSA) is 154 Å². The van der Waals surface area contributed by atoms with Crippen LogP contribution in [0.1, 0.15) is 43.2 Å². The van der Waals surface area contributed by atoms with Crippen LogP contribution >= 0.6 is 11.5 Å². The first-order chi connectivity index (χ1) is 21.0. The van der Waals surface area contributed by atoms with Gasteiger partial charge in [0.1, 0.15) is 5.52 Å². The molecule has 44 heavy (non-hydrogen) atoms. The van der Waals surface area contributed by atoms with Crippen molar-refractivity contribution in [2.45, 2.75) is 49.9 Å². The molecule has 0 saturated carbocycles. The van der Waals surface area contributed by atoms with Gasteiger partial charge in [0.15, 0.2) is 5.65 Å². The minimum Gasteiger partial charge on any atom is -0.387 e. The zero-order chi connectivity index (χ0) is 31.3. The number of aliphatic hydroxyl groups excluding tert-OH is 1. The number of aliphatic hydroxyl groups is 1. The van der Waals surface area contributed by atoms with Gasteiger partial charge in [0, 0.05) is 53.5 Å². The van der Waals surface area contributed by atoms with Crippen LogP contribution in [-0.4, -0.2) is 44.5 Å². The number of sulfonamides is 1. The van der Waals surface area contributed by atoms with Crippen LogP contribution < -0.4 is 20.1 Å². The van der Waals surface area contributed by atoms with Crippen molar-refractivity contribution in [2.75, 3.05) is 11.3 Å². The maximum Gasteiger partial charge on any atom is 0.261 e. The number of nitrogens with zero attached hydrogens (tertiary/aromatic N) is 3. The van der Waals surface area contributed by atoms with Gasteiger partial charge in [0.05, 0.1) is 23.9 Å². The number of benzene rings is 2. The second-order valence-corrected chi connectivity index (χ2v) is 13.6. The molecule has 3 heterocycles. The van der Waals surface area contributed by atoms with Crippen LogP contribution in [0.3, 0.4) is 0 Å². The summed E-state index contributed by atoms with van der Waals surface area (Å²) in [6.45, 7) is 9.60. The number of rotatable bonds is 14. The van der Waals surface area contributed by atoms with Gasteiger partial charge in [-0.2, -0.15) is 0 Å². The molecule has 0 saturated heterocycles. The van der Waals surface area contributed by atoms with Crippen molar-refractivity contribution in [2.24, 2.45) is 0 Å². The van der Waals surface area contributed by atoms with Gasteiger partial charge in [-0.3, -0.25) is 9.52 Å². The summed E-state index contributed by atoms with van der Waals surface area (Å²) in [7, 11) is -3.73. The van der Waals surface area contributed by atoms with Crippen molar-refractivity contribution in [3.8, 4) is 0 Å². The Morgan fingerprint density at radius 2 is 1.91 bits per heavy atom. The highest BCUT2D eigenvalue weighted by molar-refractivity contribution is 7.92. The second-order valence-electron chi connectivity index (χ2n) is 11.1. The second kappa shape index (κ2) is 13.1. The number of β-amino-alcohol motifs (C(OH)–C–C–N with tert-alkyl or cyclic N) is 1. The van der Waals surface area contributed by atoms with E-state index in [4.69, 9.17) is 0 Å². The normalized spacial score (nSPS) is 12.7. The summed E-state index contributed by atoms with van der Waals surface area (Å²) in [6, 6.07) is 18.4. The van der Waals surface area contributed by atoms with Crippen LogP contribution in [0.15, 0.2) is 95.5 Å². The highest BCUT2D eigenvalue weighted by Crippen LogP contribution is 2.22. The number of pyridine rings is 1. The van der Waals surface area contributed by atoms with E-state index in [2.05, 4.69) is 50.1 Å². The molecule has 0 aliphatic heterocycles. The summed E-state index contributed by atoms with van der Waals surface area (Å²) >= 11 is 1.05. The van der Waals surface area contributed by atoms with E-state index in [9.17, 15) is 18.3 Å². The summed E-state index contributed by atoms with van der Waals surface area (Å²) in [4.78, 5) is 20.7. The molecule has 3 aromatic heterocycles. The van der Waals surface area contributed by atoms with Crippen LogP contribution in [-0.2, 0) is 23.1 Å². The Morgan fingerprint density at radius 3 is 2.66 bits per heavy atom. The smallest absolute Gasteiger partial charge is 0.261 e. The Kier molecular flexibility index (Phi) is 9.30. The van der Waals surface area contributed by atoms with Gasteiger partial charge in [-0.25, -0.2) is 18.4 Å². The van der Waals surface area contributed by atoms with Crippen molar-refractivity contribution in [1.29, 1.82) is 0 Å². The number of anilines is 1. The molecule has 5 rings (SSSR count). The zero-order valence-corrected chi connectivity index (χ0v) is 26.1. The monoisotopic (exact) mass is 633 g/mol. The number of hydrogen-bond donors (Lipinski definition) is 5. The molecule has 11 nitrogen and oxygen atoms in total. The lowest BCUT2D eigenvalue weighted by Crippen LogP contribution is -2.42. The van der Waals surface area contributed by atoms with E-state index in [1.807, 2.05) is 10.6 Å². The average molecular weight is 634 g/mol. The average Bonchev–Trinajstić information content (AvgIpc) is 3.63. The molecule has 230 valence electrons. The van der Waals surface area contributed by atoms with Gasteiger partial charge in [0.2, 0.25) is 4.74 Å². The van der Waals surface area contributed by atoms with E-state index in [-0.39, 0.29) is 21.7 Å². The molecule has 2 aromatic carbocycles. The largest absolute Gasteiger partial charge is 0.387 e. The summed E-state index contributed by atoms with van der Waals surface area (Å²) < 4.78 is 32.9. The van der Waals surface area contributed by atoms with Gasteiger partial charge in [-0.1, -0.05) is 36.9 Å². The van der Waals surface area contributed by atoms with Gasteiger partial charge in [-0.05, 0) is 67.7 Å².